The van der Waals surface area contributed by atoms with Crippen molar-refractivity contribution in [3.8, 4) is 11.5 Å². The average molecular weight is 406 g/mol. The van der Waals surface area contributed by atoms with Gasteiger partial charge in [0, 0.05) is 11.5 Å². The van der Waals surface area contributed by atoms with Crippen LogP contribution in [0.3, 0.4) is 0 Å². The van der Waals surface area contributed by atoms with E-state index in [1.165, 1.54) is 0 Å². The Kier molecular flexibility index (Phi) is 4.94. The Morgan fingerprint density at radius 1 is 1.23 bits per heavy atom. The van der Waals surface area contributed by atoms with Gasteiger partial charge in [0.05, 0.1) is 18.1 Å². The highest BCUT2D eigenvalue weighted by Gasteiger charge is 2.34. The summed E-state index contributed by atoms with van der Waals surface area (Å²) in [5.74, 6) is 0.0900. The maximum atomic E-state index is 13.6. The molecule has 1 aliphatic heterocycles. The molecule has 0 saturated carbocycles. The van der Waals surface area contributed by atoms with Gasteiger partial charge in [-0.3, -0.25) is 4.79 Å². The molecule has 0 unspecified atom stereocenters. The van der Waals surface area contributed by atoms with Crippen molar-refractivity contribution < 1.29 is 19.4 Å². The molecule has 0 amide bonds. The third kappa shape index (κ3) is 3.10. The molecule has 0 bridgehead atoms. The normalized spacial score (nSPS) is 18.2. The number of allylic oxidation sites excluding steroid dienone is 2. The van der Waals surface area contributed by atoms with Gasteiger partial charge in [-0.05, 0) is 57.4 Å². The Bertz CT molecular complexity index is 1270. The summed E-state index contributed by atoms with van der Waals surface area (Å²) in [6.07, 6.45) is 1.56. The number of phenolic OH excluding ortho intramolecular Hbond substituents is 1. The maximum Gasteiger partial charge on any atom is 0.204 e. The third-order valence-electron chi connectivity index (χ3n) is 5.81. The molecule has 0 saturated heterocycles. The first-order chi connectivity index (χ1) is 14.2. The molecule has 1 aliphatic rings. The molecule has 5 heteroatoms. The number of benzene rings is 2. The molecule has 2 N–H and O–H groups in total. The number of aromatic hydroxyl groups is 1. The lowest BCUT2D eigenvalue weighted by molar-refractivity contribution is 0.0701. The molecule has 2 aromatic carbocycles. The van der Waals surface area contributed by atoms with E-state index in [1.54, 1.807) is 18.2 Å². The zero-order valence-electron chi connectivity index (χ0n) is 17.7. The Morgan fingerprint density at radius 3 is 2.63 bits per heavy atom. The molecule has 156 valence electrons. The maximum absolute atomic E-state index is 13.6. The predicted octanol–water partition coefficient (Wildman–Crippen LogP) is 5.09. The van der Waals surface area contributed by atoms with Crippen molar-refractivity contribution in [3.63, 3.8) is 0 Å². The van der Waals surface area contributed by atoms with E-state index in [2.05, 4.69) is 6.58 Å². The van der Waals surface area contributed by atoms with Gasteiger partial charge in [-0.2, -0.15) is 0 Å². The van der Waals surface area contributed by atoms with Crippen LogP contribution in [0.5, 0.6) is 11.5 Å². The first-order valence-electron chi connectivity index (χ1n) is 10.0. The van der Waals surface area contributed by atoms with E-state index in [0.29, 0.717) is 41.1 Å². The fourth-order valence-electron chi connectivity index (χ4n) is 4.10. The van der Waals surface area contributed by atoms with E-state index in [9.17, 15) is 15.0 Å². The average Bonchev–Trinajstić information content (AvgIpc) is 2.67. The molecule has 0 aliphatic carbocycles. The van der Waals surface area contributed by atoms with Crippen LogP contribution >= 0.6 is 0 Å². The van der Waals surface area contributed by atoms with Gasteiger partial charge in [0.15, 0.2) is 0 Å². The van der Waals surface area contributed by atoms with Crippen molar-refractivity contribution in [2.24, 2.45) is 5.92 Å². The standard InChI is InChI=1S/C25H26O5/c1-12(2)6-7-15-8-9-17-20(22(15)26)24(28)19-18(30-17)10-14(5)25-21(19)23(27)16(11-29-25)13(3)4/h6,8-10,16,23,26-27H,3,7,11H2,1-2,4-5H3/t16-,23+/m1/s1. The predicted molar refractivity (Wildman–Crippen MR) is 118 cm³/mol. The fraction of sp³-hybridized carbons (Fsp3) is 0.320. The van der Waals surface area contributed by atoms with Crippen LogP contribution in [0.25, 0.3) is 21.9 Å². The Labute approximate surface area is 174 Å². The summed E-state index contributed by atoms with van der Waals surface area (Å²) in [5, 5.41) is 22.3. The first-order valence-corrected chi connectivity index (χ1v) is 10.0. The zero-order chi connectivity index (χ0) is 21.7. The van der Waals surface area contributed by atoms with Crippen LogP contribution in [0, 0.1) is 12.8 Å². The summed E-state index contributed by atoms with van der Waals surface area (Å²) < 4.78 is 11.9. The quantitative estimate of drug-likeness (QED) is 0.468. The molecular formula is C25H26O5. The van der Waals surface area contributed by atoms with Gasteiger partial charge in [-0.25, -0.2) is 0 Å². The second-order valence-corrected chi connectivity index (χ2v) is 8.38. The number of rotatable bonds is 3. The first kappa shape index (κ1) is 20.2. The molecule has 4 rings (SSSR count). The molecule has 2 atom stereocenters. The zero-order valence-corrected chi connectivity index (χ0v) is 17.7. The highest BCUT2D eigenvalue weighted by atomic mass is 16.5. The fourth-order valence-corrected chi connectivity index (χ4v) is 4.10. The van der Waals surface area contributed by atoms with Gasteiger partial charge < -0.3 is 19.4 Å². The molecule has 0 fully saturated rings. The van der Waals surface area contributed by atoms with Crippen LogP contribution < -0.4 is 10.2 Å². The van der Waals surface area contributed by atoms with E-state index >= 15 is 0 Å². The van der Waals surface area contributed by atoms with Crippen LogP contribution in [-0.4, -0.2) is 16.8 Å². The van der Waals surface area contributed by atoms with E-state index in [0.717, 1.165) is 16.7 Å². The molecule has 0 spiro atoms. The van der Waals surface area contributed by atoms with Gasteiger partial charge in [0.2, 0.25) is 5.43 Å². The van der Waals surface area contributed by atoms with Gasteiger partial charge in [0.1, 0.15) is 28.1 Å². The molecule has 30 heavy (non-hydrogen) atoms. The van der Waals surface area contributed by atoms with Crippen LogP contribution in [0.1, 0.15) is 43.6 Å². The highest BCUT2D eigenvalue weighted by molar-refractivity contribution is 5.96. The number of hydrogen-bond acceptors (Lipinski definition) is 5. The number of ether oxygens (including phenoxy) is 1. The minimum Gasteiger partial charge on any atom is -0.507 e. The van der Waals surface area contributed by atoms with Crippen LogP contribution in [0.2, 0.25) is 0 Å². The van der Waals surface area contributed by atoms with Gasteiger partial charge in [-0.15, -0.1) is 0 Å². The molecule has 3 aromatic rings. The van der Waals surface area contributed by atoms with Crippen LogP contribution in [0.4, 0.5) is 0 Å². The van der Waals surface area contributed by atoms with Crippen molar-refractivity contribution in [1.29, 1.82) is 0 Å². The summed E-state index contributed by atoms with van der Waals surface area (Å²) in [7, 11) is 0. The number of fused-ring (bicyclic) bond motifs is 4. The lowest BCUT2D eigenvalue weighted by Crippen LogP contribution is -2.28. The van der Waals surface area contributed by atoms with Crippen molar-refractivity contribution in [1.82, 2.24) is 0 Å². The third-order valence-corrected chi connectivity index (χ3v) is 5.81. The van der Waals surface area contributed by atoms with E-state index in [4.69, 9.17) is 9.15 Å². The topological polar surface area (TPSA) is 79.9 Å². The number of aryl methyl sites for hydroxylation is 1. The molecule has 2 heterocycles. The van der Waals surface area contributed by atoms with Crippen LogP contribution in [0.15, 0.2) is 51.2 Å². The second kappa shape index (κ2) is 7.33. The lowest BCUT2D eigenvalue weighted by atomic mass is 9.85. The van der Waals surface area contributed by atoms with Gasteiger partial charge in [-0.1, -0.05) is 29.9 Å². The van der Waals surface area contributed by atoms with E-state index in [-0.39, 0.29) is 27.9 Å². The number of aliphatic hydroxyl groups excluding tert-OH is 1. The van der Waals surface area contributed by atoms with E-state index in [1.807, 2.05) is 33.8 Å². The number of hydrogen-bond donors (Lipinski definition) is 2. The monoisotopic (exact) mass is 406 g/mol. The molecule has 0 radical (unpaired) electrons. The Hall–Kier alpha value is -3.05. The highest BCUT2D eigenvalue weighted by Crippen LogP contribution is 2.44. The largest absolute Gasteiger partial charge is 0.507 e. The Morgan fingerprint density at radius 2 is 1.97 bits per heavy atom. The molecular weight excluding hydrogens is 380 g/mol. The number of phenols is 1. The van der Waals surface area contributed by atoms with E-state index < -0.39 is 6.10 Å². The van der Waals surface area contributed by atoms with Crippen molar-refractivity contribution in [2.75, 3.05) is 6.61 Å². The summed E-state index contributed by atoms with van der Waals surface area (Å²) in [5.41, 5.74) is 4.04. The summed E-state index contributed by atoms with van der Waals surface area (Å²) in [6, 6.07) is 5.23. The molecule has 1 aromatic heterocycles. The minimum atomic E-state index is -0.940. The van der Waals surface area contributed by atoms with Crippen molar-refractivity contribution >= 4 is 21.9 Å². The second-order valence-electron chi connectivity index (χ2n) is 8.38. The summed E-state index contributed by atoms with van der Waals surface area (Å²) >= 11 is 0. The van der Waals surface area contributed by atoms with Gasteiger partial charge in [0.25, 0.3) is 0 Å². The summed E-state index contributed by atoms with van der Waals surface area (Å²) in [6.45, 7) is 11.9. The minimum absolute atomic E-state index is 0.0855. The molecule has 5 nitrogen and oxygen atoms in total. The van der Waals surface area contributed by atoms with Crippen molar-refractivity contribution in [2.45, 2.75) is 40.2 Å². The SMILES string of the molecule is C=C(C)[C@H]1COc2c(C)cc3oc4ccc(CC=C(C)C)c(O)c4c(=O)c3c2[C@H]1O. The number of aliphatic hydroxyl groups is 1. The smallest absolute Gasteiger partial charge is 0.204 e. The summed E-state index contributed by atoms with van der Waals surface area (Å²) in [4.78, 5) is 13.6. The lowest BCUT2D eigenvalue weighted by Gasteiger charge is -2.32. The van der Waals surface area contributed by atoms with Gasteiger partial charge >= 0.3 is 0 Å². The van der Waals surface area contributed by atoms with Crippen LogP contribution in [-0.2, 0) is 6.42 Å². The van der Waals surface area contributed by atoms with Crippen molar-refractivity contribution in [3.05, 3.63) is 68.9 Å². The Balaban J connectivity index is 2.07.